The fourth-order valence-corrected chi connectivity index (χ4v) is 2.15. The van der Waals surface area contributed by atoms with Crippen LogP contribution in [-0.4, -0.2) is 24.6 Å². The summed E-state index contributed by atoms with van der Waals surface area (Å²) < 4.78 is 4.90. The van der Waals surface area contributed by atoms with E-state index >= 15 is 0 Å². The van der Waals surface area contributed by atoms with Crippen LogP contribution in [0, 0.1) is 5.92 Å². The number of halogens is 1. The standard InChI is InChI=1S/C15H14ClNO3/c1-3-20-15(19)12-8-17-9(2)13(14(12)18)10-4-6-11(16)7-5-10/h4-8,12H,3H2,1-2H3. The van der Waals surface area contributed by atoms with E-state index in [0.717, 1.165) is 0 Å². The molecule has 1 atom stereocenters. The molecule has 1 unspecified atom stereocenters. The summed E-state index contributed by atoms with van der Waals surface area (Å²) in [6.45, 7) is 3.67. The van der Waals surface area contributed by atoms with Gasteiger partial charge in [-0.05, 0) is 31.5 Å². The molecule has 5 heteroatoms. The van der Waals surface area contributed by atoms with Gasteiger partial charge in [-0.25, -0.2) is 0 Å². The third kappa shape index (κ3) is 2.80. The van der Waals surface area contributed by atoms with Crippen LogP contribution in [0.3, 0.4) is 0 Å². The van der Waals surface area contributed by atoms with Gasteiger partial charge in [-0.3, -0.25) is 14.6 Å². The number of carbonyl (C=O) groups is 2. The Kier molecular flexibility index (Phi) is 4.35. The molecule has 0 saturated heterocycles. The van der Waals surface area contributed by atoms with Crippen molar-refractivity contribution in [2.75, 3.05) is 6.61 Å². The van der Waals surface area contributed by atoms with Crippen LogP contribution in [0.5, 0.6) is 0 Å². The van der Waals surface area contributed by atoms with E-state index in [-0.39, 0.29) is 12.4 Å². The zero-order valence-electron chi connectivity index (χ0n) is 11.2. The number of ether oxygens (including phenoxy) is 1. The number of nitrogens with zero attached hydrogens (tertiary/aromatic N) is 1. The largest absolute Gasteiger partial charge is 0.465 e. The van der Waals surface area contributed by atoms with E-state index in [1.54, 1.807) is 38.1 Å². The first-order valence-corrected chi connectivity index (χ1v) is 6.64. The predicted molar refractivity (Wildman–Crippen MR) is 77.7 cm³/mol. The Morgan fingerprint density at radius 2 is 2.00 bits per heavy atom. The average molecular weight is 292 g/mol. The van der Waals surface area contributed by atoms with Gasteiger partial charge in [0, 0.05) is 22.5 Å². The highest BCUT2D eigenvalue weighted by Gasteiger charge is 2.33. The molecule has 1 aromatic carbocycles. The molecule has 0 amide bonds. The average Bonchev–Trinajstić information content (AvgIpc) is 2.41. The summed E-state index contributed by atoms with van der Waals surface area (Å²) in [6, 6.07) is 6.87. The molecule has 104 valence electrons. The number of carbonyl (C=O) groups excluding carboxylic acids is 2. The molecule has 1 heterocycles. The van der Waals surface area contributed by atoms with E-state index in [1.165, 1.54) is 6.21 Å². The number of allylic oxidation sites excluding steroid dienone is 2. The minimum absolute atomic E-state index is 0.232. The number of esters is 1. The zero-order chi connectivity index (χ0) is 14.7. The third-order valence-electron chi connectivity index (χ3n) is 2.98. The molecule has 4 nitrogen and oxygen atoms in total. The number of ketones is 1. The summed E-state index contributed by atoms with van der Waals surface area (Å²) in [5, 5.41) is 0.584. The van der Waals surface area contributed by atoms with Gasteiger partial charge in [-0.2, -0.15) is 0 Å². The highest BCUT2D eigenvalue weighted by molar-refractivity contribution is 6.34. The van der Waals surface area contributed by atoms with Crippen molar-refractivity contribution in [2.45, 2.75) is 13.8 Å². The van der Waals surface area contributed by atoms with Gasteiger partial charge in [0.2, 0.25) is 0 Å². The fourth-order valence-electron chi connectivity index (χ4n) is 2.02. The van der Waals surface area contributed by atoms with Gasteiger partial charge < -0.3 is 4.74 Å². The van der Waals surface area contributed by atoms with Crippen molar-refractivity contribution >= 4 is 35.1 Å². The first kappa shape index (κ1) is 14.5. The molecule has 0 fully saturated rings. The van der Waals surface area contributed by atoms with E-state index in [9.17, 15) is 9.59 Å². The zero-order valence-corrected chi connectivity index (χ0v) is 12.0. The van der Waals surface area contributed by atoms with Crippen LogP contribution in [0.2, 0.25) is 5.02 Å². The summed E-state index contributed by atoms with van der Waals surface area (Å²) in [6.07, 6.45) is 1.34. The summed E-state index contributed by atoms with van der Waals surface area (Å²) in [4.78, 5) is 28.4. The quantitative estimate of drug-likeness (QED) is 0.635. The molecule has 0 saturated carbocycles. The van der Waals surface area contributed by atoms with Gasteiger partial charge >= 0.3 is 5.97 Å². The van der Waals surface area contributed by atoms with Gasteiger partial charge in [0.05, 0.1) is 6.61 Å². The fraction of sp³-hybridized carbons (Fsp3) is 0.267. The van der Waals surface area contributed by atoms with Crippen molar-refractivity contribution in [3.05, 3.63) is 40.5 Å². The SMILES string of the molecule is CCOC(=O)C1C=NC(C)=C(c2ccc(Cl)cc2)C1=O. The van der Waals surface area contributed by atoms with Crippen LogP contribution >= 0.6 is 11.6 Å². The molecular formula is C15H14ClNO3. The molecular weight excluding hydrogens is 278 g/mol. The molecule has 0 aromatic heterocycles. The summed E-state index contributed by atoms with van der Waals surface area (Å²) >= 11 is 5.84. The van der Waals surface area contributed by atoms with Crippen molar-refractivity contribution in [1.82, 2.24) is 0 Å². The highest BCUT2D eigenvalue weighted by atomic mass is 35.5. The van der Waals surface area contributed by atoms with Crippen LogP contribution in [-0.2, 0) is 14.3 Å². The lowest BCUT2D eigenvalue weighted by molar-refractivity contribution is -0.147. The second kappa shape index (κ2) is 6.01. The predicted octanol–water partition coefficient (Wildman–Crippen LogP) is 2.90. The molecule has 0 bridgehead atoms. The minimum atomic E-state index is -0.968. The monoisotopic (exact) mass is 291 g/mol. The number of benzene rings is 1. The van der Waals surface area contributed by atoms with Crippen molar-refractivity contribution in [2.24, 2.45) is 10.9 Å². The van der Waals surface area contributed by atoms with E-state index in [1.807, 2.05) is 0 Å². The number of rotatable bonds is 3. The maximum Gasteiger partial charge on any atom is 0.322 e. The molecule has 1 aliphatic heterocycles. The van der Waals surface area contributed by atoms with Crippen LogP contribution in [0.25, 0.3) is 5.57 Å². The van der Waals surface area contributed by atoms with Crippen LogP contribution in [0.15, 0.2) is 35.0 Å². The topological polar surface area (TPSA) is 55.7 Å². The number of aliphatic imine (C=N–C) groups is 1. The maximum atomic E-state index is 12.5. The second-order valence-electron chi connectivity index (χ2n) is 4.34. The Morgan fingerprint density at radius 3 is 2.60 bits per heavy atom. The van der Waals surface area contributed by atoms with Gasteiger partial charge in [-0.15, -0.1) is 0 Å². The van der Waals surface area contributed by atoms with Gasteiger partial charge in [-0.1, -0.05) is 23.7 Å². The van der Waals surface area contributed by atoms with Crippen molar-refractivity contribution in [1.29, 1.82) is 0 Å². The Morgan fingerprint density at radius 1 is 1.35 bits per heavy atom. The Labute approximate surface area is 122 Å². The van der Waals surface area contributed by atoms with Gasteiger partial charge in [0.25, 0.3) is 0 Å². The van der Waals surface area contributed by atoms with E-state index < -0.39 is 11.9 Å². The molecule has 0 radical (unpaired) electrons. The van der Waals surface area contributed by atoms with E-state index in [4.69, 9.17) is 16.3 Å². The molecule has 1 aromatic rings. The smallest absolute Gasteiger partial charge is 0.322 e. The number of hydrogen-bond acceptors (Lipinski definition) is 4. The summed E-state index contributed by atoms with van der Waals surface area (Å²) in [7, 11) is 0. The lowest BCUT2D eigenvalue weighted by Gasteiger charge is -2.18. The van der Waals surface area contributed by atoms with Crippen LogP contribution in [0.4, 0.5) is 0 Å². The maximum absolute atomic E-state index is 12.5. The first-order chi connectivity index (χ1) is 9.54. The number of Topliss-reactive ketones (excluding diaryl/α,β-unsaturated/α-hetero) is 1. The molecule has 0 spiro atoms. The normalized spacial score (nSPS) is 18.4. The summed E-state index contributed by atoms with van der Waals surface area (Å²) in [5.41, 5.74) is 1.71. The highest BCUT2D eigenvalue weighted by Crippen LogP contribution is 2.28. The molecule has 1 aliphatic rings. The van der Waals surface area contributed by atoms with Gasteiger partial charge in [0.15, 0.2) is 11.7 Å². The number of hydrogen-bond donors (Lipinski definition) is 0. The van der Waals surface area contributed by atoms with E-state index in [0.29, 0.717) is 21.9 Å². The van der Waals surface area contributed by atoms with Crippen LogP contribution in [0.1, 0.15) is 19.4 Å². The Bertz CT molecular complexity index is 602. The first-order valence-electron chi connectivity index (χ1n) is 6.26. The van der Waals surface area contributed by atoms with Crippen LogP contribution < -0.4 is 0 Å². The van der Waals surface area contributed by atoms with Crippen molar-refractivity contribution in [3.8, 4) is 0 Å². The summed E-state index contributed by atoms with van der Waals surface area (Å²) in [5.74, 6) is -1.83. The lowest BCUT2D eigenvalue weighted by Crippen LogP contribution is -2.30. The molecule has 0 aliphatic carbocycles. The molecule has 2 rings (SSSR count). The lowest BCUT2D eigenvalue weighted by atomic mass is 9.90. The van der Waals surface area contributed by atoms with Gasteiger partial charge in [0.1, 0.15) is 0 Å². The third-order valence-corrected chi connectivity index (χ3v) is 3.23. The van der Waals surface area contributed by atoms with Crippen molar-refractivity contribution in [3.63, 3.8) is 0 Å². The Balaban J connectivity index is 2.36. The Hall–Kier alpha value is -1.94. The van der Waals surface area contributed by atoms with E-state index in [2.05, 4.69) is 4.99 Å². The second-order valence-corrected chi connectivity index (χ2v) is 4.78. The minimum Gasteiger partial charge on any atom is -0.465 e. The van der Waals surface area contributed by atoms with Crippen molar-refractivity contribution < 1.29 is 14.3 Å². The molecule has 20 heavy (non-hydrogen) atoms. The molecule has 0 N–H and O–H groups in total.